The molecule has 0 spiro atoms. The average molecular weight is 585 g/mol. The molecule has 1 amide bonds. The number of amidine groups is 1. The lowest BCUT2D eigenvalue weighted by Gasteiger charge is -2.16. The highest BCUT2D eigenvalue weighted by Crippen LogP contribution is 2.31. The lowest BCUT2D eigenvalue weighted by atomic mass is 9.99. The van der Waals surface area contributed by atoms with Crippen LogP contribution in [0.5, 0.6) is 0 Å². The van der Waals surface area contributed by atoms with Crippen molar-refractivity contribution in [3.8, 4) is 11.3 Å². The highest BCUT2D eigenvalue weighted by molar-refractivity contribution is 7.85. The van der Waals surface area contributed by atoms with Crippen LogP contribution in [0.4, 0.5) is 5.69 Å². The molecule has 3 aromatic rings. The minimum Gasteiger partial charge on any atom is -0.331 e. The van der Waals surface area contributed by atoms with Gasteiger partial charge < -0.3 is 16.1 Å². The van der Waals surface area contributed by atoms with Crippen molar-refractivity contribution in [2.45, 2.75) is 20.4 Å². The first-order valence-electron chi connectivity index (χ1n) is 13.7. The third-order valence-corrected chi connectivity index (χ3v) is 7.72. The predicted octanol–water partition coefficient (Wildman–Crippen LogP) is 3.97. The van der Waals surface area contributed by atoms with E-state index in [1.54, 1.807) is 18.9 Å². The van der Waals surface area contributed by atoms with E-state index in [1.807, 2.05) is 54.7 Å². The molecule has 1 atom stereocenters. The summed E-state index contributed by atoms with van der Waals surface area (Å²) in [5, 5.41) is 7.98. The number of anilines is 1. The maximum atomic E-state index is 12.1. The smallest absolute Gasteiger partial charge is 0.247 e. The van der Waals surface area contributed by atoms with Gasteiger partial charge in [0.15, 0.2) is 0 Å². The van der Waals surface area contributed by atoms with Crippen LogP contribution in [-0.4, -0.2) is 58.2 Å². The largest absolute Gasteiger partial charge is 0.331 e. The molecule has 218 valence electrons. The maximum absolute atomic E-state index is 12.1. The zero-order valence-corrected chi connectivity index (χ0v) is 24.7. The van der Waals surface area contributed by atoms with Gasteiger partial charge in [0.2, 0.25) is 5.91 Å². The van der Waals surface area contributed by atoms with Crippen molar-refractivity contribution in [1.29, 1.82) is 0 Å². The minimum absolute atomic E-state index is 0.143. The molecule has 0 aliphatic carbocycles. The van der Waals surface area contributed by atoms with Crippen LogP contribution in [0.15, 0.2) is 94.1 Å². The zero-order valence-electron chi connectivity index (χ0n) is 23.8. The molecule has 11 heteroatoms. The first kappa shape index (κ1) is 30.3. The molecular weight excluding hydrogens is 548 g/mol. The van der Waals surface area contributed by atoms with Crippen molar-refractivity contribution in [2.24, 2.45) is 20.9 Å². The highest BCUT2D eigenvalue weighted by atomic mass is 32.2. The third-order valence-electron chi connectivity index (χ3n) is 6.45. The Kier molecular flexibility index (Phi) is 11.1. The molecule has 1 aliphatic heterocycles. The predicted molar refractivity (Wildman–Crippen MR) is 174 cm³/mol. The van der Waals surface area contributed by atoms with Gasteiger partial charge in [0.05, 0.1) is 31.7 Å². The van der Waals surface area contributed by atoms with Gasteiger partial charge >= 0.3 is 0 Å². The number of carbonyl (C=O) groups excluding carboxylic acids is 1. The topological polar surface area (TPSA) is 132 Å². The molecule has 1 aromatic heterocycles. The number of hydrogen-bond acceptors (Lipinski definition) is 8. The van der Waals surface area contributed by atoms with Crippen molar-refractivity contribution >= 4 is 51.7 Å². The number of nitrogens with one attached hydrogen (secondary N) is 4. The van der Waals surface area contributed by atoms with E-state index in [9.17, 15) is 9.00 Å². The van der Waals surface area contributed by atoms with Crippen LogP contribution in [0.25, 0.3) is 22.0 Å². The van der Waals surface area contributed by atoms with Crippen LogP contribution >= 0.6 is 0 Å². The quantitative estimate of drug-likeness (QED) is 0.324. The lowest BCUT2D eigenvalue weighted by Crippen LogP contribution is -2.31. The molecule has 0 saturated heterocycles. The highest BCUT2D eigenvalue weighted by Gasteiger charge is 2.14. The van der Waals surface area contributed by atoms with Crippen LogP contribution in [-0.2, 0) is 22.1 Å². The summed E-state index contributed by atoms with van der Waals surface area (Å²) in [6.07, 6.45) is 8.06. The first-order chi connectivity index (χ1) is 20.5. The fourth-order valence-electron chi connectivity index (χ4n) is 4.30. The molecule has 1 unspecified atom stereocenters. The van der Waals surface area contributed by atoms with E-state index >= 15 is 0 Å². The molecular formula is C31H36N8O2S. The van der Waals surface area contributed by atoms with Crippen LogP contribution in [0.1, 0.15) is 19.4 Å². The summed E-state index contributed by atoms with van der Waals surface area (Å²) in [5.74, 6) is 1.53. The first-order valence-corrected chi connectivity index (χ1v) is 15.2. The van der Waals surface area contributed by atoms with Crippen LogP contribution in [0.3, 0.4) is 0 Å². The monoisotopic (exact) mass is 584 g/mol. The SMILES string of the molecule is C=CC(=O)Nc1ccc2c(-c3ccccc3CN=C3NC=NCCS(=O)CCN=CNN/C=C\3C(C)C)nccc2c1. The van der Waals surface area contributed by atoms with Gasteiger partial charge in [-0.15, -0.1) is 0 Å². The Morgan fingerprint density at radius 1 is 1.10 bits per heavy atom. The molecule has 4 rings (SSSR count). The van der Waals surface area contributed by atoms with Crippen molar-refractivity contribution in [1.82, 2.24) is 21.2 Å². The van der Waals surface area contributed by atoms with Crippen LogP contribution < -0.4 is 21.5 Å². The van der Waals surface area contributed by atoms with Crippen molar-refractivity contribution < 1.29 is 9.00 Å². The Bertz CT molecular complexity index is 1560. The van der Waals surface area contributed by atoms with Crippen LogP contribution in [0, 0.1) is 5.92 Å². The molecule has 0 bridgehead atoms. The summed E-state index contributed by atoms with van der Waals surface area (Å²) in [4.78, 5) is 30.1. The van der Waals surface area contributed by atoms with Gasteiger partial charge in [-0.3, -0.25) is 34.4 Å². The van der Waals surface area contributed by atoms with E-state index in [-0.39, 0.29) is 11.8 Å². The summed E-state index contributed by atoms with van der Waals surface area (Å²) in [6.45, 7) is 9.02. The van der Waals surface area contributed by atoms with E-state index in [4.69, 9.17) is 9.98 Å². The minimum atomic E-state index is -0.978. The number of rotatable bonds is 6. The number of aromatic nitrogens is 1. The van der Waals surface area contributed by atoms with E-state index in [1.165, 1.54) is 6.08 Å². The number of fused-ring (bicyclic) bond motifs is 1. The van der Waals surface area contributed by atoms with Gasteiger partial charge in [0.25, 0.3) is 0 Å². The lowest BCUT2D eigenvalue weighted by molar-refractivity contribution is -0.111. The van der Waals surface area contributed by atoms with Gasteiger partial charge in [-0.05, 0) is 41.1 Å². The zero-order chi connectivity index (χ0) is 29.7. The van der Waals surface area contributed by atoms with Gasteiger partial charge in [-0.1, -0.05) is 50.8 Å². The van der Waals surface area contributed by atoms with Crippen molar-refractivity contribution in [3.05, 3.63) is 84.7 Å². The van der Waals surface area contributed by atoms with Gasteiger partial charge in [-0.25, -0.2) is 0 Å². The fourth-order valence-corrected chi connectivity index (χ4v) is 5.12. The normalized spacial score (nSPS) is 18.6. The molecule has 4 N–H and O–H groups in total. The number of benzene rings is 2. The number of amides is 1. The number of hydrazine groups is 1. The summed E-state index contributed by atoms with van der Waals surface area (Å²) in [5.41, 5.74) is 10.4. The van der Waals surface area contributed by atoms with E-state index in [2.05, 4.69) is 51.9 Å². The second-order valence-corrected chi connectivity index (χ2v) is 11.4. The van der Waals surface area contributed by atoms with E-state index < -0.39 is 10.8 Å². The Morgan fingerprint density at radius 3 is 2.67 bits per heavy atom. The molecule has 1 aliphatic rings. The molecule has 2 heterocycles. The summed E-state index contributed by atoms with van der Waals surface area (Å²) in [7, 11) is -0.978. The van der Waals surface area contributed by atoms with Gasteiger partial charge in [0, 0.05) is 56.9 Å². The van der Waals surface area contributed by atoms with Crippen LogP contribution in [0.2, 0.25) is 0 Å². The molecule has 2 aromatic carbocycles. The third kappa shape index (κ3) is 8.43. The standard InChI is InChI=1S/C31H36N8O2S/c1-4-29(40)39-25-9-10-27-23(17-25)11-12-34-30(27)26-8-6-5-7-24(26)18-35-31-28(22(2)3)19-37-38-21-33-14-16-42(41)15-13-32-20-36-31/h4-12,17,19-22,37H,1,13-16,18H2,2-3H3,(H,33,38)(H,39,40)(H,32,35,36)/b28-19-. The summed E-state index contributed by atoms with van der Waals surface area (Å²) < 4.78 is 12.1. The Labute approximate surface area is 248 Å². The molecule has 10 nitrogen and oxygen atoms in total. The molecule has 0 fully saturated rings. The van der Waals surface area contributed by atoms with Gasteiger partial charge in [-0.2, -0.15) is 0 Å². The number of nitrogens with zero attached hydrogens (tertiary/aromatic N) is 4. The second-order valence-electron chi connectivity index (χ2n) is 9.72. The Hall–Kier alpha value is -4.64. The molecule has 0 saturated carbocycles. The molecule has 0 radical (unpaired) electrons. The Balaban J connectivity index is 1.67. The number of carbonyl (C=O) groups is 1. The average Bonchev–Trinajstić information content (AvgIpc) is 3.00. The van der Waals surface area contributed by atoms with E-state index in [0.29, 0.717) is 42.7 Å². The van der Waals surface area contributed by atoms with Crippen molar-refractivity contribution in [3.63, 3.8) is 0 Å². The summed E-state index contributed by atoms with van der Waals surface area (Å²) >= 11 is 0. The number of aliphatic imine (C=N–C) groups is 3. The second kappa shape index (κ2) is 15.4. The fraction of sp³-hybridized carbons (Fsp3) is 0.258. The molecule has 42 heavy (non-hydrogen) atoms. The maximum Gasteiger partial charge on any atom is 0.247 e. The number of hydrogen-bond donors (Lipinski definition) is 4. The van der Waals surface area contributed by atoms with Crippen molar-refractivity contribution in [2.75, 3.05) is 29.9 Å². The summed E-state index contributed by atoms with van der Waals surface area (Å²) in [6, 6.07) is 15.7. The number of pyridine rings is 1. The van der Waals surface area contributed by atoms with Gasteiger partial charge in [0.1, 0.15) is 12.2 Å². The Morgan fingerprint density at radius 2 is 1.88 bits per heavy atom. The van der Waals surface area contributed by atoms with E-state index in [0.717, 1.165) is 33.2 Å².